The molecular formula is C19H21FN4O. The second kappa shape index (κ2) is 8.45. The Morgan fingerprint density at radius 2 is 2.00 bits per heavy atom. The molecule has 3 rings (SSSR count). The SMILES string of the molecule is N#Cc1cccnc1N1CCCN(CCOc2ccccc2F)CC1. The molecule has 6 heteroatoms. The van der Waals surface area contributed by atoms with E-state index in [0.29, 0.717) is 17.9 Å². The first-order valence-corrected chi connectivity index (χ1v) is 8.47. The number of nitriles is 1. The van der Waals surface area contributed by atoms with Gasteiger partial charge in [0.2, 0.25) is 0 Å². The highest BCUT2D eigenvalue weighted by molar-refractivity contribution is 5.53. The highest BCUT2D eigenvalue weighted by Crippen LogP contribution is 2.18. The molecule has 2 heterocycles. The molecule has 1 saturated heterocycles. The summed E-state index contributed by atoms with van der Waals surface area (Å²) in [6.45, 7) is 4.69. The van der Waals surface area contributed by atoms with Gasteiger partial charge in [0.15, 0.2) is 11.6 Å². The molecule has 0 spiro atoms. The van der Waals surface area contributed by atoms with Gasteiger partial charge in [0.1, 0.15) is 18.5 Å². The molecular weight excluding hydrogens is 319 g/mol. The molecule has 5 nitrogen and oxygen atoms in total. The first kappa shape index (κ1) is 17.2. The Balaban J connectivity index is 1.52. The molecule has 1 fully saturated rings. The van der Waals surface area contributed by atoms with Crippen LogP contribution in [-0.4, -0.2) is 49.2 Å². The summed E-state index contributed by atoms with van der Waals surface area (Å²) in [6, 6.07) is 12.3. The zero-order valence-corrected chi connectivity index (χ0v) is 14.1. The molecule has 0 bridgehead atoms. The van der Waals surface area contributed by atoms with Crippen LogP contribution in [0.15, 0.2) is 42.6 Å². The minimum absolute atomic E-state index is 0.297. The Morgan fingerprint density at radius 3 is 2.84 bits per heavy atom. The van der Waals surface area contributed by atoms with Crippen molar-refractivity contribution in [3.8, 4) is 11.8 Å². The summed E-state index contributed by atoms with van der Waals surface area (Å²) in [5.74, 6) is 0.726. The number of pyridine rings is 1. The lowest BCUT2D eigenvalue weighted by atomic mass is 10.2. The molecule has 1 aliphatic rings. The predicted molar refractivity (Wildman–Crippen MR) is 94.1 cm³/mol. The molecule has 130 valence electrons. The molecule has 1 aromatic carbocycles. The van der Waals surface area contributed by atoms with Gasteiger partial charge in [-0.3, -0.25) is 4.90 Å². The van der Waals surface area contributed by atoms with E-state index in [0.717, 1.165) is 45.0 Å². The number of halogens is 1. The van der Waals surface area contributed by atoms with Crippen LogP contribution in [0.1, 0.15) is 12.0 Å². The third-order valence-corrected chi connectivity index (χ3v) is 4.30. The monoisotopic (exact) mass is 340 g/mol. The second-order valence-electron chi connectivity index (χ2n) is 5.95. The number of ether oxygens (including phenoxy) is 1. The molecule has 1 aliphatic heterocycles. The number of para-hydroxylation sites is 1. The Kier molecular flexibility index (Phi) is 5.81. The quantitative estimate of drug-likeness (QED) is 0.838. The average molecular weight is 340 g/mol. The van der Waals surface area contributed by atoms with Crippen LogP contribution in [0, 0.1) is 17.1 Å². The lowest BCUT2D eigenvalue weighted by Gasteiger charge is -2.23. The lowest BCUT2D eigenvalue weighted by molar-refractivity contribution is 0.213. The van der Waals surface area contributed by atoms with Crippen molar-refractivity contribution in [2.24, 2.45) is 0 Å². The van der Waals surface area contributed by atoms with E-state index < -0.39 is 0 Å². The molecule has 0 atom stereocenters. The van der Waals surface area contributed by atoms with Gasteiger partial charge in [0.25, 0.3) is 0 Å². The fourth-order valence-electron chi connectivity index (χ4n) is 2.99. The molecule has 0 N–H and O–H groups in total. The zero-order chi connectivity index (χ0) is 17.5. The number of anilines is 1. The number of aromatic nitrogens is 1. The van der Waals surface area contributed by atoms with Gasteiger partial charge in [-0.2, -0.15) is 5.26 Å². The highest BCUT2D eigenvalue weighted by atomic mass is 19.1. The van der Waals surface area contributed by atoms with E-state index >= 15 is 0 Å². The molecule has 0 radical (unpaired) electrons. The first-order valence-electron chi connectivity index (χ1n) is 8.47. The predicted octanol–water partition coefficient (Wildman–Crippen LogP) is 2.68. The molecule has 0 saturated carbocycles. The summed E-state index contributed by atoms with van der Waals surface area (Å²) in [5.41, 5.74) is 0.610. The maximum atomic E-state index is 13.6. The fourth-order valence-corrected chi connectivity index (χ4v) is 2.99. The van der Waals surface area contributed by atoms with Crippen LogP contribution in [-0.2, 0) is 0 Å². The van der Waals surface area contributed by atoms with Crippen LogP contribution < -0.4 is 9.64 Å². The van der Waals surface area contributed by atoms with Crippen molar-refractivity contribution in [1.29, 1.82) is 5.26 Å². The van der Waals surface area contributed by atoms with Crippen LogP contribution >= 0.6 is 0 Å². The molecule has 0 aliphatic carbocycles. The number of benzene rings is 1. The van der Waals surface area contributed by atoms with Crippen molar-refractivity contribution in [3.63, 3.8) is 0 Å². The lowest BCUT2D eigenvalue weighted by Crippen LogP contribution is -2.33. The van der Waals surface area contributed by atoms with Crippen molar-refractivity contribution in [2.45, 2.75) is 6.42 Å². The first-order chi connectivity index (χ1) is 12.3. The van der Waals surface area contributed by atoms with Crippen LogP contribution in [0.4, 0.5) is 10.2 Å². The van der Waals surface area contributed by atoms with Crippen LogP contribution in [0.3, 0.4) is 0 Å². The second-order valence-corrected chi connectivity index (χ2v) is 5.95. The Morgan fingerprint density at radius 1 is 1.12 bits per heavy atom. The van der Waals surface area contributed by atoms with Crippen molar-refractivity contribution in [3.05, 3.63) is 54.0 Å². The van der Waals surface area contributed by atoms with Gasteiger partial charge in [-0.05, 0) is 30.7 Å². The van der Waals surface area contributed by atoms with E-state index in [1.807, 2.05) is 0 Å². The van der Waals surface area contributed by atoms with E-state index in [1.165, 1.54) is 6.07 Å². The number of rotatable bonds is 5. The van der Waals surface area contributed by atoms with Crippen LogP contribution in [0.5, 0.6) is 5.75 Å². The van der Waals surface area contributed by atoms with E-state index in [2.05, 4.69) is 20.9 Å². The molecule has 25 heavy (non-hydrogen) atoms. The molecule has 2 aromatic rings. The van der Waals surface area contributed by atoms with E-state index in [4.69, 9.17) is 4.74 Å². The van der Waals surface area contributed by atoms with Gasteiger partial charge in [0.05, 0.1) is 5.56 Å². The van der Waals surface area contributed by atoms with Gasteiger partial charge < -0.3 is 9.64 Å². The van der Waals surface area contributed by atoms with E-state index in [9.17, 15) is 9.65 Å². The molecule has 1 aromatic heterocycles. The van der Waals surface area contributed by atoms with Crippen LogP contribution in [0.25, 0.3) is 0 Å². The summed E-state index contributed by atoms with van der Waals surface area (Å²) >= 11 is 0. The normalized spacial score (nSPS) is 15.4. The van der Waals surface area contributed by atoms with Gasteiger partial charge in [-0.15, -0.1) is 0 Å². The zero-order valence-electron chi connectivity index (χ0n) is 14.1. The minimum atomic E-state index is -0.330. The smallest absolute Gasteiger partial charge is 0.165 e. The van der Waals surface area contributed by atoms with E-state index in [-0.39, 0.29) is 5.82 Å². The summed E-state index contributed by atoms with van der Waals surface area (Å²) in [5, 5.41) is 9.24. The van der Waals surface area contributed by atoms with Gasteiger partial charge in [-0.1, -0.05) is 12.1 Å². The van der Waals surface area contributed by atoms with E-state index in [1.54, 1.807) is 36.5 Å². The standard InChI is InChI=1S/C19H21FN4O/c20-17-6-1-2-7-18(17)25-14-13-23-9-4-10-24(12-11-23)19-16(15-21)5-3-8-22-19/h1-3,5-8H,4,9-14H2. The van der Waals surface area contributed by atoms with Crippen molar-refractivity contribution in [2.75, 3.05) is 44.2 Å². The number of hydrogen-bond acceptors (Lipinski definition) is 5. The van der Waals surface area contributed by atoms with Gasteiger partial charge >= 0.3 is 0 Å². The summed E-state index contributed by atoms with van der Waals surface area (Å²) in [4.78, 5) is 8.83. The third kappa shape index (κ3) is 4.46. The van der Waals surface area contributed by atoms with Crippen molar-refractivity contribution in [1.82, 2.24) is 9.88 Å². The van der Waals surface area contributed by atoms with Crippen molar-refractivity contribution >= 4 is 5.82 Å². The summed E-state index contributed by atoms with van der Waals surface area (Å²) < 4.78 is 19.1. The Bertz CT molecular complexity index is 746. The molecule has 0 amide bonds. The topological polar surface area (TPSA) is 52.4 Å². The number of hydrogen-bond donors (Lipinski definition) is 0. The minimum Gasteiger partial charge on any atom is -0.489 e. The summed E-state index contributed by atoms with van der Waals surface area (Å²) in [7, 11) is 0. The highest BCUT2D eigenvalue weighted by Gasteiger charge is 2.18. The average Bonchev–Trinajstić information content (AvgIpc) is 2.89. The van der Waals surface area contributed by atoms with Gasteiger partial charge in [0, 0.05) is 38.9 Å². The Hall–Kier alpha value is -2.65. The third-order valence-electron chi connectivity index (χ3n) is 4.30. The largest absolute Gasteiger partial charge is 0.489 e. The maximum Gasteiger partial charge on any atom is 0.165 e. The molecule has 0 unspecified atom stereocenters. The number of nitrogens with zero attached hydrogens (tertiary/aromatic N) is 4. The van der Waals surface area contributed by atoms with Crippen LogP contribution in [0.2, 0.25) is 0 Å². The fraction of sp³-hybridized carbons (Fsp3) is 0.368. The summed E-state index contributed by atoms with van der Waals surface area (Å²) in [6.07, 6.45) is 2.71. The van der Waals surface area contributed by atoms with Gasteiger partial charge in [-0.25, -0.2) is 9.37 Å². The Labute approximate surface area is 147 Å². The van der Waals surface area contributed by atoms with Crippen molar-refractivity contribution < 1.29 is 9.13 Å². The maximum absolute atomic E-state index is 13.6.